The van der Waals surface area contributed by atoms with Crippen molar-refractivity contribution >= 4 is 28.2 Å². The van der Waals surface area contributed by atoms with Gasteiger partial charge in [0.1, 0.15) is 11.1 Å². The molecule has 3 rings (SSSR count). The second kappa shape index (κ2) is 8.85. The summed E-state index contributed by atoms with van der Waals surface area (Å²) in [6.07, 6.45) is 2.74. The molecule has 1 atom stereocenters. The third kappa shape index (κ3) is 4.67. The first-order valence-electron chi connectivity index (χ1n) is 8.85. The Morgan fingerprint density at radius 1 is 1.36 bits per heavy atom. The number of nitrogens with one attached hydrogen (secondary N) is 1. The van der Waals surface area contributed by atoms with Crippen LogP contribution in [0.1, 0.15) is 29.3 Å². The summed E-state index contributed by atoms with van der Waals surface area (Å²) in [7, 11) is 0. The summed E-state index contributed by atoms with van der Waals surface area (Å²) in [4.78, 5) is 24.9. The Bertz CT molecular complexity index is 935. The number of thiophene rings is 1. The standard InChI is InChI=1S/C20H19FN2O4S/c1-12-6-7-13-14(9-22)20(28-17(13)8-12)23-18(24)10-27-19(25)11-26-16-5-3-2-4-15(16)21/h2-5,12H,6-8,10-11H2,1H3,(H,23,24)/t12-/m1/s1. The lowest BCUT2D eigenvalue weighted by molar-refractivity contribution is -0.149. The summed E-state index contributed by atoms with van der Waals surface area (Å²) >= 11 is 1.40. The third-order valence-electron chi connectivity index (χ3n) is 4.42. The molecule has 1 amide bonds. The van der Waals surface area contributed by atoms with Gasteiger partial charge in [0.05, 0.1) is 5.56 Å². The van der Waals surface area contributed by atoms with Crippen LogP contribution in [-0.4, -0.2) is 25.1 Å². The Labute approximate surface area is 165 Å². The number of rotatable bonds is 6. The maximum absolute atomic E-state index is 13.4. The first kappa shape index (κ1) is 19.8. The van der Waals surface area contributed by atoms with Gasteiger partial charge in [-0.3, -0.25) is 4.79 Å². The number of halogens is 1. The lowest BCUT2D eigenvalue weighted by Gasteiger charge is -2.17. The number of amides is 1. The van der Waals surface area contributed by atoms with Gasteiger partial charge in [0.15, 0.2) is 24.8 Å². The van der Waals surface area contributed by atoms with Gasteiger partial charge in [-0.2, -0.15) is 5.26 Å². The molecule has 0 fully saturated rings. The number of carbonyl (C=O) groups is 2. The first-order chi connectivity index (χ1) is 13.5. The van der Waals surface area contributed by atoms with Crippen LogP contribution in [0.15, 0.2) is 24.3 Å². The molecular weight excluding hydrogens is 383 g/mol. The average Bonchev–Trinajstić information content (AvgIpc) is 3.01. The molecule has 0 spiro atoms. The maximum Gasteiger partial charge on any atom is 0.344 e. The highest BCUT2D eigenvalue weighted by Gasteiger charge is 2.24. The van der Waals surface area contributed by atoms with E-state index in [0.29, 0.717) is 16.5 Å². The van der Waals surface area contributed by atoms with Crippen molar-refractivity contribution in [3.8, 4) is 11.8 Å². The van der Waals surface area contributed by atoms with Gasteiger partial charge in [0.25, 0.3) is 5.91 Å². The first-order valence-corrected chi connectivity index (χ1v) is 9.67. The summed E-state index contributed by atoms with van der Waals surface area (Å²) in [6.45, 7) is 1.14. The van der Waals surface area contributed by atoms with Crippen LogP contribution in [-0.2, 0) is 27.2 Å². The zero-order chi connectivity index (χ0) is 20.1. The molecule has 0 saturated carbocycles. The monoisotopic (exact) mass is 402 g/mol. The van der Waals surface area contributed by atoms with Gasteiger partial charge < -0.3 is 14.8 Å². The van der Waals surface area contributed by atoms with Gasteiger partial charge in [-0.25, -0.2) is 9.18 Å². The van der Waals surface area contributed by atoms with E-state index in [1.807, 2.05) is 0 Å². The molecule has 1 aromatic heterocycles. The zero-order valence-electron chi connectivity index (χ0n) is 15.3. The van der Waals surface area contributed by atoms with E-state index in [1.54, 1.807) is 6.07 Å². The van der Waals surface area contributed by atoms with E-state index in [9.17, 15) is 19.2 Å². The molecule has 1 aliphatic carbocycles. The van der Waals surface area contributed by atoms with Crippen molar-refractivity contribution in [2.75, 3.05) is 18.5 Å². The van der Waals surface area contributed by atoms with E-state index in [0.717, 1.165) is 29.7 Å². The van der Waals surface area contributed by atoms with Gasteiger partial charge >= 0.3 is 5.97 Å². The smallest absolute Gasteiger partial charge is 0.344 e. The van der Waals surface area contributed by atoms with Crippen LogP contribution in [0.3, 0.4) is 0 Å². The number of benzene rings is 1. The normalized spacial score (nSPS) is 15.2. The van der Waals surface area contributed by atoms with Gasteiger partial charge in [-0.15, -0.1) is 11.3 Å². The Morgan fingerprint density at radius 3 is 2.89 bits per heavy atom. The van der Waals surface area contributed by atoms with E-state index in [4.69, 9.17) is 9.47 Å². The second-order valence-corrected chi connectivity index (χ2v) is 7.70. The van der Waals surface area contributed by atoms with Gasteiger partial charge in [-0.1, -0.05) is 19.1 Å². The molecule has 1 aromatic carbocycles. The minimum Gasteiger partial charge on any atom is -0.479 e. The topological polar surface area (TPSA) is 88.4 Å². The van der Waals surface area contributed by atoms with Crippen molar-refractivity contribution in [1.82, 2.24) is 0 Å². The van der Waals surface area contributed by atoms with E-state index < -0.39 is 30.9 Å². The molecule has 0 saturated heterocycles. The second-order valence-electron chi connectivity index (χ2n) is 6.60. The van der Waals surface area contributed by atoms with Crippen LogP contribution < -0.4 is 10.1 Å². The SMILES string of the molecule is C[C@@H]1CCc2c(sc(NC(=O)COC(=O)COc3ccccc3F)c2C#N)C1. The van der Waals surface area contributed by atoms with E-state index in [2.05, 4.69) is 18.3 Å². The largest absolute Gasteiger partial charge is 0.479 e. The number of carbonyl (C=O) groups excluding carboxylic acids is 2. The lowest BCUT2D eigenvalue weighted by Crippen LogP contribution is -2.23. The fourth-order valence-electron chi connectivity index (χ4n) is 3.01. The Balaban J connectivity index is 1.51. The molecule has 6 nitrogen and oxygen atoms in total. The quantitative estimate of drug-likeness (QED) is 0.748. The van der Waals surface area contributed by atoms with Crippen LogP contribution >= 0.6 is 11.3 Å². The number of nitriles is 1. The number of esters is 1. The van der Waals surface area contributed by atoms with Crippen molar-refractivity contribution in [3.05, 3.63) is 46.1 Å². The minimum atomic E-state index is -0.793. The van der Waals surface area contributed by atoms with Crippen LogP contribution in [0.2, 0.25) is 0 Å². The summed E-state index contributed by atoms with van der Waals surface area (Å²) in [5.41, 5.74) is 1.51. The Hall–Kier alpha value is -2.92. The van der Waals surface area contributed by atoms with Crippen LogP contribution in [0.4, 0.5) is 9.39 Å². The highest BCUT2D eigenvalue weighted by molar-refractivity contribution is 7.16. The number of nitrogens with zero attached hydrogens (tertiary/aromatic N) is 1. The molecule has 2 aromatic rings. The van der Waals surface area contributed by atoms with Crippen molar-refractivity contribution < 1.29 is 23.5 Å². The minimum absolute atomic E-state index is 0.0686. The predicted octanol–water partition coefficient (Wildman–Crippen LogP) is 3.44. The number of hydrogen-bond acceptors (Lipinski definition) is 6. The average molecular weight is 402 g/mol. The molecule has 28 heavy (non-hydrogen) atoms. The van der Waals surface area contributed by atoms with Crippen molar-refractivity contribution in [2.24, 2.45) is 5.92 Å². The molecule has 8 heteroatoms. The van der Waals surface area contributed by atoms with E-state index in [-0.39, 0.29) is 5.75 Å². The van der Waals surface area contributed by atoms with E-state index in [1.165, 1.54) is 29.5 Å². The molecule has 0 radical (unpaired) electrons. The fourth-order valence-corrected chi connectivity index (χ4v) is 4.38. The molecule has 1 aliphatic rings. The molecule has 1 N–H and O–H groups in total. The molecule has 0 unspecified atom stereocenters. The lowest BCUT2D eigenvalue weighted by atomic mass is 9.89. The Morgan fingerprint density at radius 2 is 2.14 bits per heavy atom. The number of fused-ring (bicyclic) bond motifs is 1. The number of para-hydroxylation sites is 1. The Kier molecular flexibility index (Phi) is 6.26. The van der Waals surface area contributed by atoms with Crippen LogP contribution in [0.25, 0.3) is 0 Å². The molecule has 0 bridgehead atoms. The summed E-state index contributed by atoms with van der Waals surface area (Å²) in [5, 5.41) is 12.6. The number of hydrogen-bond donors (Lipinski definition) is 1. The summed E-state index contributed by atoms with van der Waals surface area (Å²) in [6, 6.07) is 7.84. The van der Waals surface area contributed by atoms with Gasteiger partial charge in [0.2, 0.25) is 0 Å². The van der Waals surface area contributed by atoms with Gasteiger partial charge in [0, 0.05) is 4.88 Å². The van der Waals surface area contributed by atoms with Crippen molar-refractivity contribution in [1.29, 1.82) is 5.26 Å². The fraction of sp³-hybridized carbons (Fsp3) is 0.350. The molecule has 1 heterocycles. The van der Waals surface area contributed by atoms with Crippen LogP contribution in [0.5, 0.6) is 5.75 Å². The van der Waals surface area contributed by atoms with Crippen molar-refractivity contribution in [3.63, 3.8) is 0 Å². The van der Waals surface area contributed by atoms with Gasteiger partial charge in [-0.05, 0) is 42.9 Å². The van der Waals surface area contributed by atoms with Crippen LogP contribution in [0, 0.1) is 23.1 Å². The number of anilines is 1. The third-order valence-corrected chi connectivity index (χ3v) is 5.59. The van der Waals surface area contributed by atoms with E-state index >= 15 is 0 Å². The maximum atomic E-state index is 13.4. The highest BCUT2D eigenvalue weighted by Crippen LogP contribution is 2.39. The molecule has 146 valence electrons. The predicted molar refractivity (Wildman–Crippen MR) is 102 cm³/mol. The number of ether oxygens (including phenoxy) is 2. The summed E-state index contributed by atoms with van der Waals surface area (Å²) < 4.78 is 23.3. The highest BCUT2D eigenvalue weighted by atomic mass is 32.1. The molecule has 0 aliphatic heterocycles. The zero-order valence-corrected chi connectivity index (χ0v) is 16.1. The molecular formula is C20H19FN2O4S. The van der Waals surface area contributed by atoms with Crippen molar-refractivity contribution in [2.45, 2.75) is 26.2 Å². The summed E-state index contributed by atoms with van der Waals surface area (Å²) in [5.74, 6) is -1.44.